The predicted molar refractivity (Wildman–Crippen MR) is 43.3 cm³/mol. The maximum atomic E-state index is 10.5. The van der Waals surface area contributed by atoms with E-state index in [1.165, 1.54) is 11.9 Å². The van der Waals surface area contributed by atoms with Gasteiger partial charge in [0.05, 0.1) is 0 Å². The fourth-order valence-electron chi connectivity index (χ4n) is 0.214. The first-order valence-electron chi connectivity index (χ1n) is 2.25. The van der Waals surface area contributed by atoms with Crippen molar-refractivity contribution >= 4 is 28.3 Å². The van der Waals surface area contributed by atoms with Gasteiger partial charge in [-0.3, -0.25) is 4.57 Å². The van der Waals surface area contributed by atoms with Gasteiger partial charge in [0.15, 0.2) is 0 Å². The minimum Gasteiger partial charge on any atom is -0.285 e. The fraction of sp³-hybridized carbons (Fsp3) is 0.200. The molecule has 0 atom stereocenters. The van der Waals surface area contributed by atoms with Crippen molar-refractivity contribution in [1.29, 1.82) is 0 Å². The van der Waals surface area contributed by atoms with Crippen LogP contribution in [0.1, 0.15) is 6.92 Å². The van der Waals surface area contributed by atoms with Crippen molar-refractivity contribution in [2.24, 2.45) is 0 Å². The number of hydrogen-bond donors (Lipinski definition) is 0. The highest BCUT2D eigenvalue weighted by Gasteiger charge is 2.05. The van der Waals surface area contributed by atoms with Crippen LogP contribution in [0.25, 0.3) is 0 Å². The molecule has 0 spiro atoms. The predicted octanol–water partition coefficient (Wildman–Crippen LogP) is 3.75. The highest BCUT2D eigenvalue weighted by atomic mass is 35.9. The molecule has 0 amide bonds. The van der Waals surface area contributed by atoms with Gasteiger partial charge in [-0.15, -0.1) is 0 Å². The van der Waals surface area contributed by atoms with E-state index in [1.54, 1.807) is 6.92 Å². The first-order chi connectivity index (χ1) is 3.92. The molecule has 0 aliphatic heterocycles. The van der Waals surface area contributed by atoms with Gasteiger partial charge in [-0.05, 0) is 29.4 Å². The van der Waals surface area contributed by atoms with E-state index >= 15 is 0 Å². The van der Waals surface area contributed by atoms with E-state index in [0.717, 1.165) is 5.57 Å². The molecule has 9 heavy (non-hydrogen) atoms. The van der Waals surface area contributed by atoms with Crippen LogP contribution >= 0.6 is 28.3 Å². The Bertz CT molecular complexity index is 179. The van der Waals surface area contributed by atoms with Crippen molar-refractivity contribution in [3.8, 4) is 0 Å². The second-order valence-electron chi connectivity index (χ2n) is 1.66. The summed E-state index contributed by atoms with van der Waals surface area (Å²) in [5, 5.41) is 0. The van der Waals surface area contributed by atoms with E-state index in [4.69, 9.17) is 22.5 Å². The Morgan fingerprint density at radius 2 is 2.11 bits per heavy atom. The summed E-state index contributed by atoms with van der Waals surface area (Å²) in [4.78, 5) is 0. The molecule has 0 heterocycles. The molecular formula is C5H7Cl2OP. The van der Waals surface area contributed by atoms with Crippen LogP contribution in [0, 0.1) is 0 Å². The molecule has 4 heteroatoms. The molecule has 52 valence electrons. The second kappa shape index (κ2) is 3.46. The molecule has 0 bridgehead atoms. The molecule has 1 nitrogen and oxygen atoms in total. The summed E-state index contributed by atoms with van der Waals surface area (Å²) in [7, 11) is 0. The molecule has 0 aliphatic carbocycles. The zero-order chi connectivity index (χ0) is 7.49. The molecule has 0 unspecified atom stereocenters. The van der Waals surface area contributed by atoms with Gasteiger partial charge in [0.2, 0.25) is 0 Å². The lowest BCUT2D eigenvalue weighted by molar-refractivity contribution is 0.597. The van der Waals surface area contributed by atoms with Crippen LogP contribution in [0.15, 0.2) is 24.0 Å². The van der Waals surface area contributed by atoms with E-state index in [-0.39, 0.29) is 0 Å². The first-order valence-corrected chi connectivity index (χ1v) is 5.84. The van der Waals surface area contributed by atoms with E-state index in [2.05, 4.69) is 6.58 Å². The standard InChI is InChI=1S/C5H7Cl2OP/c1-5(2)3-4-9(6,7)8/h3-4H,1H2,2H3/b4-3+. The lowest BCUT2D eigenvalue weighted by Crippen LogP contribution is -1.57. The lowest BCUT2D eigenvalue weighted by atomic mass is 10.4. The van der Waals surface area contributed by atoms with Gasteiger partial charge in [-0.2, -0.15) is 0 Å². The van der Waals surface area contributed by atoms with Crippen molar-refractivity contribution in [3.05, 3.63) is 24.0 Å². The summed E-state index contributed by atoms with van der Waals surface area (Å²) in [6, 6.07) is 0. The fourth-order valence-corrected chi connectivity index (χ4v) is 0.980. The Balaban J connectivity index is 4.02. The molecule has 0 aromatic heterocycles. The SMILES string of the molecule is C=C(C)/C=C/P(=O)(Cl)Cl. The largest absolute Gasteiger partial charge is 0.285 e. The van der Waals surface area contributed by atoms with Gasteiger partial charge in [-0.1, -0.05) is 18.2 Å². The number of rotatable bonds is 2. The summed E-state index contributed by atoms with van der Waals surface area (Å²) < 4.78 is 10.5. The summed E-state index contributed by atoms with van der Waals surface area (Å²) in [5.41, 5.74) is 0.775. The van der Waals surface area contributed by atoms with Gasteiger partial charge in [0.25, 0.3) is 5.85 Å². The quantitative estimate of drug-likeness (QED) is 0.472. The average molecular weight is 185 g/mol. The lowest BCUT2D eigenvalue weighted by Gasteiger charge is -1.89. The Labute approximate surface area is 64.3 Å². The third kappa shape index (κ3) is 8.29. The van der Waals surface area contributed by atoms with Gasteiger partial charge in [-0.25, -0.2) is 0 Å². The molecule has 0 aromatic rings. The molecule has 0 aromatic carbocycles. The van der Waals surface area contributed by atoms with Crippen LogP contribution in [0.2, 0.25) is 0 Å². The molecule has 0 N–H and O–H groups in total. The van der Waals surface area contributed by atoms with Gasteiger partial charge in [0.1, 0.15) is 0 Å². The molecule has 0 radical (unpaired) electrons. The number of allylic oxidation sites excluding steroid dienone is 2. The zero-order valence-corrected chi connectivity index (χ0v) is 7.38. The maximum absolute atomic E-state index is 10.5. The molecule has 0 saturated heterocycles. The van der Waals surface area contributed by atoms with Gasteiger partial charge < -0.3 is 0 Å². The minimum absolute atomic E-state index is 0.775. The van der Waals surface area contributed by atoms with Crippen LogP contribution in [0.4, 0.5) is 0 Å². The van der Waals surface area contributed by atoms with E-state index in [1.807, 2.05) is 0 Å². The summed E-state index contributed by atoms with van der Waals surface area (Å²) >= 11 is 10.3. The Morgan fingerprint density at radius 3 is 2.22 bits per heavy atom. The van der Waals surface area contributed by atoms with Crippen LogP contribution < -0.4 is 0 Å². The number of hydrogen-bond acceptors (Lipinski definition) is 1. The Morgan fingerprint density at radius 1 is 1.67 bits per heavy atom. The van der Waals surface area contributed by atoms with Crippen molar-refractivity contribution in [2.45, 2.75) is 6.92 Å². The second-order valence-corrected chi connectivity index (χ2v) is 6.50. The van der Waals surface area contributed by atoms with Crippen LogP contribution in [0.3, 0.4) is 0 Å². The summed E-state index contributed by atoms with van der Waals surface area (Å²) in [5.74, 6) is -1.77. The van der Waals surface area contributed by atoms with Crippen LogP contribution in [-0.2, 0) is 4.57 Å². The molecule has 0 fully saturated rings. The zero-order valence-electron chi connectivity index (χ0n) is 4.97. The monoisotopic (exact) mass is 184 g/mol. The van der Waals surface area contributed by atoms with Crippen molar-refractivity contribution in [2.75, 3.05) is 0 Å². The van der Waals surface area contributed by atoms with Crippen LogP contribution in [-0.4, -0.2) is 0 Å². The normalized spacial score (nSPS) is 12.3. The molecule has 0 aliphatic rings. The minimum atomic E-state index is -3.02. The topological polar surface area (TPSA) is 17.1 Å². The smallest absolute Gasteiger partial charge is 0.274 e. The van der Waals surface area contributed by atoms with Gasteiger partial charge in [0, 0.05) is 5.82 Å². The first kappa shape index (κ1) is 9.29. The van der Waals surface area contributed by atoms with E-state index < -0.39 is 5.85 Å². The molecule has 0 rings (SSSR count). The van der Waals surface area contributed by atoms with Crippen molar-refractivity contribution in [1.82, 2.24) is 0 Å². The third-order valence-electron chi connectivity index (χ3n) is 0.533. The maximum Gasteiger partial charge on any atom is 0.274 e. The average Bonchev–Trinajstić information content (AvgIpc) is 1.59. The number of halogens is 2. The summed E-state index contributed by atoms with van der Waals surface area (Å²) in [6.45, 7) is 5.30. The third-order valence-corrected chi connectivity index (χ3v) is 1.70. The highest BCUT2D eigenvalue weighted by molar-refractivity contribution is 8.10. The molecular weight excluding hydrogens is 178 g/mol. The Hall–Kier alpha value is 0.290. The molecule has 0 saturated carbocycles. The van der Waals surface area contributed by atoms with Gasteiger partial charge >= 0.3 is 0 Å². The van der Waals surface area contributed by atoms with Crippen molar-refractivity contribution < 1.29 is 4.57 Å². The Kier molecular flexibility index (Phi) is 3.57. The van der Waals surface area contributed by atoms with Crippen molar-refractivity contribution in [3.63, 3.8) is 0 Å². The van der Waals surface area contributed by atoms with Crippen LogP contribution in [0.5, 0.6) is 0 Å². The van der Waals surface area contributed by atoms with E-state index in [0.29, 0.717) is 0 Å². The highest BCUT2D eigenvalue weighted by Crippen LogP contribution is 2.58. The summed E-state index contributed by atoms with van der Waals surface area (Å²) in [6.07, 6.45) is 1.53. The van der Waals surface area contributed by atoms with E-state index in [9.17, 15) is 4.57 Å².